The van der Waals surface area contributed by atoms with E-state index in [1.54, 1.807) is 12.3 Å². The topological polar surface area (TPSA) is 65.5 Å². The average molecular weight is 270 g/mol. The highest BCUT2D eigenvalue weighted by Gasteiger charge is 2.43. The van der Waals surface area contributed by atoms with Gasteiger partial charge in [-0.05, 0) is 25.0 Å². The Morgan fingerprint density at radius 1 is 1.61 bits per heavy atom. The molecule has 0 aromatic carbocycles. The first-order chi connectivity index (χ1) is 8.51. The van der Waals surface area contributed by atoms with Gasteiger partial charge in [0.15, 0.2) is 0 Å². The number of carbonyl (C=O) groups is 1. The summed E-state index contributed by atoms with van der Waals surface area (Å²) in [6.45, 7) is 1.32. The molecule has 1 fully saturated rings. The SMILES string of the molecule is CN(CC1(CNC(=O)O)CC1)c1ccc(Cl)nc1. The quantitative estimate of drug-likeness (QED) is 0.805. The standard InChI is InChI=1S/C12H16ClN3O2/c1-16(9-2-3-10(13)14-6-9)8-12(4-5-12)7-15-11(17)18/h2-3,6,15H,4-5,7-8H2,1H3,(H,17,18). The number of anilines is 1. The maximum absolute atomic E-state index is 10.5. The highest BCUT2D eigenvalue weighted by molar-refractivity contribution is 6.29. The molecule has 1 aromatic rings. The molecule has 0 radical (unpaired) electrons. The van der Waals surface area contributed by atoms with Crippen molar-refractivity contribution >= 4 is 23.4 Å². The summed E-state index contributed by atoms with van der Waals surface area (Å²) in [5.41, 5.74) is 1.06. The molecule has 1 heterocycles. The second-order valence-electron chi connectivity index (χ2n) is 4.85. The molecule has 2 rings (SSSR count). The molecule has 0 atom stereocenters. The molecule has 0 aliphatic heterocycles. The Hall–Kier alpha value is -1.49. The maximum atomic E-state index is 10.5. The largest absolute Gasteiger partial charge is 0.465 e. The lowest BCUT2D eigenvalue weighted by Crippen LogP contribution is -2.36. The van der Waals surface area contributed by atoms with Gasteiger partial charge in [0.25, 0.3) is 0 Å². The zero-order valence-corrected chi connectivity index (χ0v) is 10.9. The Morgan fingerprint density at radius 3 is 2.83 bits per heavy atom. The zero-order valence-electron chi connectivity index (χ0n) is 10.2. The fourth-order valence-corrected chi connectivity index (χ4v) is 2.13. The minimum absolute atomic E-state index is 0.0762. The van der Waals surface area contributed by atoms with E-state index in [0.29, 0.717) is 11.7 Å². The monoisotopic (exact) mass is 269 g/mol. The van der Waals surface area contributed by atoms with Crippen molar-refractivity contribution in [1.29, 1.82) is 0 Å². The van der Waals surface area contributed by atoms with E-state index in [1.165, 1.54) is 0 Å². The molecular formula is C12H16ClN3O2. The van der Waals surface area contributed by atoms with Crippen molar-refractivity contribution in [3.63, 3.8) is 0 Å². The lowest BCUT2D eigenvalue weighted by molar-refractivity contribution is 0.191. The maximum Gasteiger partial charge on any atom is 0.404 e. The first-order valence-corrected chi connectivity index (χ1v) is 6.18. The van der Waals surface area contributed by atoms with Crippen LogP contribution in [0, 0.1) is 5.41 Å². The fraction of sp³-hybridized carbons (Fsp3) is 0.500. The lowest BCUT2D eigenvalue weighted by Gasteiger charge is -2.25. The van der Waals surface area contributed by atoms with Gasteiger partial charge in [0, 0.05) is 25.6 Å². The number of amides is 1. The van der Waals surface area contributed by atoms with Crippen LogP contribution in [0.25, 0.3) is 0 Å². The Labute approximate surface area is 111 Å². The smallest absolute Gasteiger partial charge is 0.404 e. The van der Waals surface area contributed by atoms with E-state index in [1.807, 2.05) is 13.1 Å². The Morgan fingerprint density at radius 2 is 2.33 bits per heavy atom. The normalized spacial score (nSPS) is 16.1. The summed E-state index contributed by atoms with van der Waals surface area (Å²) in [5, 5.41) is 11.6. The van der Waals surface area contributed by atoms with E-state index in [0.717, 1.165) is 25.1 Å². The number of carboxylic acid groups (broad SMARTS) is 1. The number of aromatic nitrogens is 1. The first-order valence-electron chi connectivity index (χ1n) is 5.80. The van der Waals surface area contributed by atoms with Gasteiger partial charge in [0.05, 0.1) is 11.9 Å². The highest BCUT2D eigenvalue weighted by Crippen LogP contribution is 2.45. The van der Waals surface area contributed by atoms with Gasteiger partial charge in [-0.3, -0.25) is 0 Å². The average Bonchev–Trinajstić information content (AvgIpc) is 3.08. The highest BCUT2D eigenvalue weighted by atomic mass is 35.5. The van der Waals surface area contributed by atoms with Crippen molar-refractivity contribution < 1.29 is 9.90 Å². The number of nitrogens with zero attached hydrogens (tertiary/aromatic N) is 2. The molecular weight excluding hydrogens is 254 g/mol. The lowest BCUT2D eigenvalue weighted by atomic mass is 10.1. The number of hydrogen-bond donors (Lipinski definition) is 2. The van der Waals surface area contributed by atoms with E-state index >= 15 is 0 Å². The minimum Gasteiger partial charge on any atom is -0.465 e. The summed E-state index contributed by atoms with van der Waals surface area (Å²) in [4.78, 5) is 16.6. The van der Waals surface area contributed by atoms with Gasteiger partial charge >= 0.3 is 6.09 Å². The molecule has 1 saturated carbocycles. The van der Waals surface area contributed by atoms with Crippen molar-refractivity contribution in [1.82, 2.24) is 10.3 Å². The van der Waals surface area contributed by atoms with Gasteiger partial charge in [0.2, 0.25) is 0 Å². The number of rotatable bonds is 5. The summed E-state index contributed by atoms with van der Waals surface area (Å²) < 4.78 is 0. The number of nitrogens with one attached hydrogen (secondary N) is 1. The summed E-state index contributed by atoms with van der Waals surface area (Å²) in [6.07, 6.45) is 2.87. The minimum atomic E-state index is -0.961. The van der Waals surface area contributed by atoms with Gasteiger partial charge in [-0.1, -0.05) is 11.6 Å². The number of halogens is 1. The second-order valence-corrected chi connectivity index (χ2v) is 5.24. The van der Waals surface area contributed by atoms with Gasteiger partial charge < -0.3 is 15.3 Å². The predicted molar refractivity (Wildman–Crippen MR) is 70.2 cm³/mol. The van der Waals surface area contributed by atoms with Gasteiger partial charge in [-0.15, -0.1) is 0 Å². The van der Waals surface area contributed by atoms with Gasteiger partial charge in [-0.2, -0.15) is 0 Å². The van der Waals surface area contributed by atoms with Crippen LogP contribution in [0.2, 0.25) is 5.15 Å². The second kappa shape index (κ2) is 5.02. The first kappa shape index (κ1) is 13.0. The molecule has 5 nitrogen and oxygen atoms in total. The molecule has 0 saturated heterocycles. The summed E-state index contributed by atoms with van der Waals surface area (Å²) >= 11 is 5.74. The summed E-state index contributed by atoms with van der Waals surface area (Å²) in [5.74, 6) is 0. The molecule has 2 N–H and O–H groups in total. The van der Waals surface area contributed by atoms with Crippen molar-refractivity contribution in [3.05, 3.63) is 23.5 Å². The predicted octanol–water partition coefficient (Wildman–Crippen LogP) is 2.22. The number of hydrogen-bond acceptors (Lipinski definition) is 3. The Kier molecular flexibility index (Phi) is 3.61. The molecule has 1 aliphatic carbocycles. The van der Waals surface area contributed by atoms with E-state index in [2.05, 4.69) is 15.2 Å². The van der Waals surface area contributed by atoms with E-state index < -0.39 is 6.09 Å². The molecule has 1 aliphatic rings. The van der Waals surface area contributed by atoms with Crippen molar-refractivity contribution in [2.24, 2.45) is 5.41 Å². The van der Waals surface area contributed by atoms with Crippen LogP contribution >= 0.6 is 11.6 Å². The Balaban J connectivity index is 1.92. The molecule has 0 spiro atoms. The van der Waals surface area contributed by atoms with Crippen LogP contribution in [-0.2, 0) is 0 Å². The molecule has 0 bridgehead atoms. The third-order valence-corrected chi connectivity index (χ3v) is 3.52. The van der Waals surface area contributed by atoms with E-state index in [4.69, 9.17) is 16.7 Å². The molecule has 1 aromatic heterocycles. The molecule has 0 unspecified atom stereocenters. The summed E-state index contributed by atoms with van der Waals surface area (Å²) in [7, 11) is 1.98. The van der Waals surface area contributed by atoms with Crippen LogP contribution in [0.1, 0.15) is 12.8 Å². The third kappa shape index (κ3) is 3.26. The van der Waals surface area contributed by atoms with Crippen LogP contribution in [0.4, 0.5) is 10.5 Å². The summed E-state index contributed by atoms with van der Waals surface area (Å²) in [6, 6.07) is 3.67. The van der Waals surface area contributed by atoms with Crippen LogP contribution < -0.4 is 10.2 Å². The van der Waals surface area contributed by atoms with Crippen LogP contribution in [0.5, 0.6) is 0 Å². The van der Waals surface area contributed by atoms with Crippen LogP contribution in [0.15, 0.2) is 18.3 Å². The van der Waals surface area contributed by atoms with Crippen LogP contribution in [-0.4, -0.2) is 36.3 Å². The van der Waals surface area contributed by atoms with Crippen molar-refractivity contribution in [3.8, 4) is 0 Å². The molecule has 6 heteroatoms. The third-order valence-electron chi connectivity index (χ3n) is 3.30. The van der Waals surface area contributed by atoms with Crippen molar-refractivity contribution in [2.45, 2.75) is 12.8 Å². The van der Waals surface area contributed by atoms with Crippen LogP contribution in [0.3, 0.4) is 0 Å². The van der Waals surface area contributed by atoms with Gasteiger partial charge in [-0.25, -0.2) is 9.78 Å². The molecule has 18 heavy (non-hydrogen) atoms. The van der Waals surface area contributed by atoms with Gasteiger partial charge in [0.1, 0.15) is 5.15 Å². The van der Waals surface area contributed by atoms with Crippen molar-refractivity contribution in [2.75, 3.05) is 25.0 Å². The Bertz CT molecular complexity index is 431. The fourth-order valence-electron chi connectivity index (χ4n) is 2.02. The van der Waals surface area contributed by atoms with E-state index in [9.17, 15) is 4.79 Å². The molecule has 98 valence electrons. The zero-order chi connectivity index (χ0) is 13.2. The molecule has 1 amide bonds. The number of pyridine rings is 1. The van der Waals surface area contributed by atoms with E-state index in [-0.39, 0.29) is 5.41 Å².